The first-order valence-corrected chi connectivity index (χ1v) is 9.70. The van der Waals surface area contributed by atoms with E-state index in [9.17, 15) is 0 Å². The molecule has 2 heterocycles. The fraction of sp³-hybridized carbons (Fsp3) is 1.00. The average molecular weight is 290 g/mol. The quantitative estimate of drug-likeness (QED) is 0.679. The molecule has 3 aliphatic rings. The van der Waals surface area contributed by atoms with E-state index in [-0.39, 0.29) is 24.4 Å². The van der Waals surface area contributed by atoms with Crippen molar-refractivity contribution in [2.45, 2.75) is 89.9 Å². The Kier molecular flexibility index (Phi) is 3.47. The molecule has 1 spiro atoms. The molecule has 0 aromatic rings. The van der Waals surface area contributed by atoms with E-state index in [1.54, 1.807) is 0 Å². The van der Waals surface area contributed by atoms with Crippen LogP contribution in [0.15, 0.2) is 0 Å². The summed E-state index contributed by atoms with van der Waals surface area (Å²) in [6, 6.07) is 0. The van der Waals surface area contributed by atoms with Crippen molar-refractivity contribution in [3.8, 4) is 0 Å². The minimum atomic E-state index is -3.36. The van der Waals surface area contributed by atoms with E-state index in [0.29, 0.717) is 5.66 Å². The molecule has 4 nitrogen and oxygen atoms in total. The molecule has 1 aliphatic carbocycles. The van der Waals surface area contributed by atoms with E-state index in [2.05, 4.69) is 27.7 Å². The normalized spacial score (nSPS) is 48.1. The molecule has 0 aromatic carbocycles. The van der Waals surface area contributed by atoms with Gasteiger partial charge in [0.15, 0.2) is 0 Å². The SMILES string of the molecule is CC1OP2(C3CCCCC3)(OC1C)OC(C)C(C)O2. The van der Waals surface area contributed by atoms with Gasteiger partial charge in [0.1, 0.15) is 0 Å². The summed E-state index contributed by atoms with van der Waals surface area (Å²) in [5.41, 5.74) is 0.305. The standard InChI is InChI=1S/C14H27O4P/c1-10-11(2)16-19(15-10,14-8-6-5-7-9-14)17-12(3)13(4)18-19/h10-14H,5-9H2,1-4H3. The molecule has 0 aromatic heterocycles. The molecule has 2 aliphatic heterocycles. The van der Waals surface area contributed by atoms with Gasteiger partial charge in [0.2, 0.25) is 0 Å². The van der Waals surface area contributed by atoms with E-state index in [1.807, 2.05) is 0 Å². The molecular formula is C14H27O4P. The average Bonchev–Trinajstić information content (AvgIpc) is 2.77. The maximum atomic E-state index is 6.35. The third-order valence-electron chi connectivity index (χ3n) is 4.92. The van der Waals surface area contributed by atoms with Gasteiger partial charge in [0, 0.05) is 0 Å². The van der Waals surface area contributed by atoms with Gasteiger partial charge in [-0.3, -0.25) is 0 Å². The third kappa shape index (κ3) is 2.08. The predicted molar refractivity (Wildman–Crippen MR) is 76.0 cm³/mol. The second kappa shape index (κ2) is 4.64. The molecule has 0 amide bonds. The minimum absolute atomic E-state index is 0.0529. The summed E-state index contributed by atoms with van der Waals surface area (Å²) in [6.45, 7) is 8.26. The number of rotatable bonds is 1. The Morgan fingerprint density at radius 1 is 0.632 bits per heavy atom. The molecule has 3 fully saturated rings. The van der Waals surface area contributed by atoms with Gasteiger partial charge in [0.25, 0.3) is 0 Å². The van der Waals surface area contributed by atoms with Crippen LogP contribution in [-0.2, 0) is 18.1 Å². The predicted octanol–water partition coefficient (Wildman–Crippen LogP) is 4.18. The molecule has 4 unspecified atom stereocenters. The molecule has 0 N–H and O–H groups in total. The number of hydrogen-bond acceptors (Lipinski definition) is 4. The molecule has 1 saturated carbocycles. The summed E-state index contributed by atoms with van der Waals surface area (Å²) in [5.74, 6) is 0. The summed E-state index contributed by atoms with van der Waals surface area (Å²) in [7, 11) is -3.36. The van der Waals surface area contributed by atoms with Crippen LogP contribution < -0.4 is 0 Å². The van der Waals surface area contributed by atoms with Crippen molar-refractivity contribution in [1.29, 1.82) is 0 Å². The summed E-state index contributed by atoms with van der Waals surface area (Å²) in [5, 5.41) is 0. The van der Waals surface area contributed by atoms with E-state index in [1.165, 1.54) is 19.3 Å². The van der Waals surface area contributed by atoms with Crippen molar-refractivity contribution in [2.24, 2.45) is 0 Å². The Labute approximate surface area is 116 Å². The molecule has 0 bridgehead atoms. The first-order chi connectivity index (χ1) is 8.95. The van der Waals surface area contributed by atoms with Crippen molar-refractivity contribution in [2.75, 3.05) is 0 Å². The molecule has 0 radical (unpaired) electrons. The monoisotopic (exact) mass is 290 g/mol. The van der Waals surface area contributed by atoms with Crippen LogP contribution in [-0.4, -0.2) is 30.1 Å². The van der Waals surface area contributed by atoms with Gasteiger partial charge in [-0.05, 0) is 0 Å². The van der Waals surface area contributed by atoms with Crippen LogP contribution in [0.1, 0.15) is 59.8 Å². The Morgan fingerprint density at radius 2 is 1.00 bits per heavy atom. The molecule has 4 atom stereocenters. The zero-order valence-corrected chi connectivity index (χ0v) is 13.4. The zero-order valence-electron chi connectivity index (χ0n) is 12.5. The van der Waals surface area contributed by atoms with Crippen molar-refractivity contribution >= 4 is 7.51 Å². The zero-order chi connectivity index (χ0) is 13.7. The molecule has 19 heavy (non-hydrogen) atoms. The van der Waals surface area contributed by atoms with Gasteiger partial charge in [-0.15, -0.1) is 0 Å². The van der Waals surface area contributed by atoms with Gasteiger partial charge in [0.05, 0.1) is 0 Å². The fourth-order valence-corrected chi connectivity index (χ4v) is 8.82. The van der Waals surface area contributed by atoms with E-state index >= 15 is 0 Å². The molecule has 2 saturated heterocycles. The first-order valence-electron chi connectivity index (χ1n) is 7.72. The van der Waals surface area contributed by atoms with Crippen molar-refractivity contribution in [3.63, 3.8) is 0 Å². The van der Waals surface area contributed by atoms with Crippen LogP contribution >= 0.6 is 7.51 Å². The van der Waals surface area contributed by atoms with Crippen molar-refractivity contribution in [3.05, 3.63) is 0 Å². The summed E-state index contributed by atoms with van der Waals surface area (Å²) in [6.07, 6.45) is 6.19. The molecular weight excluding hydrogens is 263 g/mol. The third-order valence-corrected chi connectivity index (χ3v) is 9.48. The van der Waals surface area contributed by atoms with Crippen LogP contribution in [0.25, 0.3) is 0 Å². The van der Waals surface area contributed by atoms with E-state index < -0.39 is 7.51 Å². The second-order valence-corrected chi connectivity index (χ2v) is 9.71. The molecule has 3 rings (SSSR count). The molecule has 112 valence electrons. The first kappa shape index (κ1) is 14.2. The fourth-order valence-electron chi connectivity index (χ4n) is 3.54. The Morgan fingerprint density at radius 3 is 1.37 bits per heavy atom. The summed E-state index contributed by atoms with van der Waals surface area (Å²) in [4.78, 5) is 0. The number of hydrogen-bond donors (Lipinski definition) is 0. The van der Waals surface area contributed by atoms with Crippen LogP contribution in [0.3, 0.4) is 0 Å². The maximum absolute atomic E-state index is 6.35. The van der Waals surface area contributed by atoms with Gasteiger partial charge in [-0.1, -0.05) is 0 Å². The Balaban J connectivity index is 1.96. The van der Waals surface area contributed by atoms with E-state index in [4.69, 9.17) is 18.1 Å². The van der Waals surface area contributed by atoms with Crippen LogP contribution in [0, 0.1) is 0 Å². The topological polar surface area (TPSA) is 36.9 Å². The van der Waals surface area contributed by atoms with Crippen LogP contribution in [0.4, 0.5) is 0 Å². The van der Waals surface area contributed by atoms with Crippen LogP contribution in [0.2, 0.25) is 0 Å². The summed E-state index contributed by atoms with van der Waals surface area (Å²) < 4.78 is 25.4. The van der Waals surface area contributed by atoms with Gasteiger partial charge in [-0.25, -0.2) is 0 Å². The van der Waals surface area contributed by atoms with Crippen molar-refractivity contribution < 1.29 is 18.1 Å². The van der Waals surface area contributed by atoms with Gasteiger partial charge in [-0.2, -0.15) is 0 Å². The van der Waals surface area contributed by atoms with Gasteiger partial charge >= 0.3 is 115 Å². The summed E-state index contributed by atoms with van der Waals surface area (Å²) >= 11 is 0. The molecule has 5 heteroatoms. The van der Waals surface area contributed by atoms with E-state index in [0.717, 1.165) is 12.8 Å². The van der Waals surface area contributed by atoms with Gasteiger partial charge < -0.3 is 0 Å². The Bertz CT molecular complexity index is 304. The Hall–Kier alpha value is 0.270. The van der Waals surface area contributed by atoms with Crippen molar-refractivity contribution in [1.82, 2.24) is 0 Å². The van der Waals surface area contributed by atoms with Crippen LogP contribution in [0.5, 0.6) is 0 Å². The second-order valence-electron chi connectivity index (χ2n) is 6.40.